The lowest BCUT2D eigenvalue weighted by molar-refractivity contribution is -0.113. The summed E-state index contributed by atoms with van der Waals surface area (Å²) in [4.78, 5) is 11.6. The number of hydrogen-bond acceptors (Lipinski definition) is 3. The normalized spacial score (nSPS) is 10.6. The van der Waals surface area contributed by atoms with Crippen molar-refractivity contribution >= 4 is 52.2 Å². The SMILES string of the molecule is CC(C)SCC(=O)Nc1c(N)cc(Cl)cc1Cl. The maximum atomic E-state index is 11.6. The van der Waals surface area contributed by atoms with Crippen molar-refractivity contribution in [3.8, 4) is 0 Å². The van der Waals surface area contributed by atoms with Gasteiger partial charge in [0.05, 0.1) is 22.2 Å². The first-order valence-corrected chi connectivity index (χ1v) is 6.86. The highest BCUT2D eigenvalue weighted by molar-refractivity contribution is 8.00. The number of hydrogen-bond donors (Lipinski definition) is 2. The van der Waals surface area contributed by atoms with Crippen LogP contribution in [0.5, 0.6) is 0 Å². The first-order valence-electron chi connectivity index (χ1n) is 5.06. The zero-order chi connectivity index (χ0) is 13.0. The highest BCUT2D eigenvalue weighted by Gasteiger charge is 2.11. The van der Waals surface area contributed by atoms with Crippen LogP contribution in [0.2, 0.25) is 10.0 Å². The van der Waals surface area contributed by atoms with E-state index in [4.69, 9.17) is 28.9 Å². The predicted octanol–water partition coefficient (Wildman–Crippen LogP) is 3.66. The highest BCUT2D eigenvalue weighted by Crippen LogP contribution is 2.32. The molecule has 0 heterocycles. The number of carbonyl (C=O) groups is 1. The van der Waals surface area contributed by atoms with Gasteiger partial charge < -0.3 is 11.1 Å². The van der Waals surface area contributed by atoms with Gasteiger partial charge in [-0.3, -0.25) is 4.79 Å². The summed E-state index contributed by atoms with van der Waals surface area (Å²) in [5.41, 5.74) is 6.52. The smallest absolute Gasteiger partial charge is 0.234 e. The van der Waals surface area contributed by atoms with Crippen LogP contribution in [0.4, 0.5) is 11.4 Å². The average Bonchev–Trinajstić information content (AvgIpc) is 2.20. The highest BCUT2D eigenvalue weighted by atomic mass is 35.5. The molecule has 0 aliphatic carbocycles. The fourth-order valence-electron chi connectivity index (χ4n) is 1.14. The van der Waals surface area contributed by atoms with E-state index in [0.29, 0.717) is 32.4 Å². The second kappa shape index (κ2) is 6.38. The first kappa shape index (κ1) is 14.5. The molecule has 1 rings (SSSR count). The third kappa shape index (κ3) is 4.66. The topological polar surface area (TPSA) is 55.1 Å². The Balaban J connectivity index is 2.72. The van der Waals surface area contributed by atoms with Gasteiger partial charge in [-0.2, -0.15) is 0 Å². The van der Waals surface area contributed by atoms with Crippen LogP contribution in [0.3, 0.4) is 0 Å². The molecule has 1 amide bonds. The van der Waals surface area contributed by atoms with Crippen LogP contribution in [-0.4, -0.2) is 16.9 Å². The van der Waals surface area contributed by atoms with E-state index in [1.54, 1.807) is 23.9 Å². The Kier molecular flexibility index (Phi) is 5.43. The van der Waals surface area contributed by atoms with E-state index in [1.165, 1.54) is 0 Å². The number of anilines is 2. The molecule has 0 radical (unpaired) electrons. The van der Waals surface area contributed by atoms with Crippen molar-refractivity contribution in [1.82, 2.24) is 0 Å². The number of carbonyl (C=O) groups excluding carboxylic acids is 1. The lowest BCUT2D eigenvalue weighted by atomic mass is 10.2. The van der Waals surface area contributed by atoms with Gasteiger partial charge in [0.1, 0.15) is 0 Å². The summed E-state index contributed by atoms with van der Waals surface area (Å²) in [5.74, 6) is 0.246. The summed E-state index contributed by atoms with van der Waals surface area (Å²) in [5, 5.41) is 3.88. The van der Waals surface area contributed by atoms with Crippen LogP contribution < -0.4 is 11.1 Å². The van der Waals surface area contributed by atoms with Gasteiger partial charge in [0.25, 0.3) is 0 Å². The van der Waals surface area contributed by atoms with Gasteiger partial charge in [-0.1, -0.05) is 37.0 Å². The third-order valence-corrected chi connectivity index (χ3v) is 3.51. The molecule has 1 aromatic rings. The monoisotopic (exact) mass is 292 g/mol. The van der Waals surface area contributed by atoms with Crippen LogP contribution in [0.25, 0.3) is 0 Å². The number of rotatable bonds is 4. The fourth-order valence-corrected chi connectivity index (χ4v) is 2.26. The second-order valence-electron chi connectivity index (χ2n) is 3.76. The lowest BCUT2D eigenvalue weighted by Gasteiger charge is -2.11. The molecule has 0 bridgehead atoms. The molecule has 0 aliphatic rings. The predicted molar refractivity (Wildman–Crippen MR) is 77.1 cm³/mol. The van der Waals surface area contributed by atoms with Crippen molar-refractivity contribution in [2.24, 2.45) is 0 Å². The molecule has 1 aromatic carbocycles. The minimum atomic E-state index is -0.125. The fraction of sp³-hybridized carbons (Fsp3) is 0.364. The molecule has 3 nitrogen and oxygen atoms in total. The average molecular weight is 293 g/mol. The minimum Gasteiger partial charge on any atom is -0.397 e. The Morgan fingerprint density at radius 2 is 2.12 bits per heavy atom. The van der Waals surface area contributed by atoms with Gasteiger partial charge in [-0.15, -0.1) is 11.8 Å². The number of benzene rings is 1. The van der Waals surface area contributed by atoms with E-state index in [2.05, 4.69) is 5.32 Å². The standard InChI is InChI=1S/C11H14Cl2N2OS/c1-6(2)17-5-10(16)15-11-8(13)3-7(12)4-9(11)14/h3-4,6H,5,14H2,1-2H3,(H,15,16). The van der Waals surface area contributed by atoms with Crippen molar-refractivity contribution in [3.05, 3.63) is 22.2 Å². The number of thioether (sulfide) groups is 1. The van der Waals surface area contributed by atoms with Gasteiger partial charge in [0.2, 0.25) is 5.91 Å². The van der Waals surface area contributed by atoms with Crippen molar-refractivity contribution in [2.75, 3.05) is 16.8 Å². The van der Waals surface area contributed by atoms with Crippen LogP contribution in [-0.2, 0) is 4.79 Å². The maximum absolute atomic E-state index is 11.6. The zero-order valence-corrected chi connectivity index (χ0v) is 11.9. The molecule has 17 heavy (non-hydrogen) atoms. The molecule has 94 valence electrons. The molecular weight excluding hydrogens is 279 g/mol. The summed E-state index contributed by atoms with van der Waals surface area (Å²) in [7, 11) is 0. The molecule has 3 N–H and O–H groups in total. The summed E-state index contributed by atoms with van der Waals surface area (Å²) < 4.78 is 0. The Bertz CT molecular complexity index is 401. The maximum Gasteiger partial charge on any atom is 0.234 e. The van der Waals surface area contributed by atoms with Gasteiger partial charge in [0, 0.05) is 5.02 Å². The largest absolute Gasteiger partial charge is 0.397 e. The van der Waals surface area contributed by atoms with Crippen LogP contribution >= 0.6 is 35.0 Å². The molecule has 0 spiro atoms. The Hall–Kier alpha value is -0.580. The number of halogens is 2. The van der Waals surface area contributed by atoms with Crippen molar-refractivity contribution in [3.63, 3.8) is 0 Å². The van der Waals surface area contributed by atoms with Crippen molar-refractivity contribution < 1.29 is 4.79 Å². The third-order valence-electron chi connectivity index (χ3n) is 1.90. The first-order chi connectivity index (χ1) is 7.90. The molecule has 0 fully saturated rings. The number of amides is 1. The summed E-state index contributed by atoms with van der Waals surface area (Å²) >= 11 is 13.3. The molecule has 0 aliphatic heterocycles. The van der Waals surface area contributed by atoms with E-state index in [0.717, 1.165) is 0 Å². The Labute approximate surface area is 115 Å². The molecule has 0 saturated heterocycles. The van der Waals surface area contributed by atoms with Gasteiger partial charge in [0.15, 0.2) is 0 Å². The van der Waals surface area contributed by atoms with Crippen LogP contribution in [0, 0.1) is 0 Å². The summed E-state index contributed by atoms with van der Waals surface area (Å²) in [6.45, 7) is 4.06. The van der Waals surface area contributed by atoms with Crippen molar-refractivity contribution in [2.45, 2.75) is 19.1 Å². The molecule has 6 heteroatoms. The Morgan fingerprint density at radius 3 is 2.65 bits per heavy atom. The number of nitrogens with two attached hydrogens (primary N) is 1. The quantitative estimate of drug-likeness (QED) is 0.833. The van der Waals surface area contributed by atoms with Gasteiger partial charge >= 0.3 is 0 Å². The zero-order valence-electron chi connectivity index (χ0n) is 9.59. The molecule has 0 saturated carbocycles. The number of nitrogens with one attached hydrogen (secondary N) is 1. The molecule has 0 atom stereocenters. The molecule has 0 aromatic heterocycles. The minimum absolute atomic E-state index is 0.125. The van der Waals surface area contributed by atoms with Crippen LogP contribution in [0.1, 0.15) is 13.8 Å². The van der Waals surface area contributed by atoms with E-state index in [1.807, 2.05) is 13.8 Å². The van der Waals surface area contributed by atoms with E-state index in [9.17, 15) is 4.79 Å². The van der Waals surface area contributed by atoms with Gasteiger partial charge in [-0.25, -0.2) is 0 Å². The van der Waals surface area contributed by atoms with Crippen LogP contribution in [0.15, 0.2) is 12.1 Å². The lowest BCUT2D eigenvalue weighted by Crippen LogP contribution is -2.16. The molecule has 0 unspecified atom stereocenters. The van der Waals surface area contributed by atoms with E-state index in [-0.39, 0.29) is 5.91 Å². The van der Waals surface area contributed by atoms with Crippen molar-refractivity contribution in [1.29, 1.82) is 0 Å². The summed E-state index contributed by atoms with van der Waals surface area (Å²) in [6, 6.07) is 3.10. The van der Waals surface area contributed by atoms with E-state index < -0.39 is 0 Å². The number of nitrogen functional groups attached to an aromatic ring is 1. The van der Waals surface area contributed by atoms with Gasteiger partial charge in [-0.05, 0) is 17.4 Å². The van der Waals surface area contributed by atoms with E-state index >= 15 is 0 Å². The Morgan fingerprint density at radius 1 is 1.47 bits per heavy atom. The summed E-state index contributed by atoms with van der Waals surface area (Å²) in [6.07, 6.45) is 0. The second-order valence-corrected chi connectivity index (χ2v) is 6.17. The molecular formula is C11H14Cl2N2OS.